The Labute approximate surface area is 105 Å². The van der Waals surface area contributed by atoms with Gasteiger partial charge in [0.1, 0.15) is 11.8 Å². The molecule has 0 fully saturated rings. The molecule has 0 saturated heterocycles. The number of carbonyl (C=O) groups excluding carboxylic acids is 2. The van der Waals surface area contributed by atoms with Gasteiger partial charge in [-0.3, -0.25) is 4.79 Å². The highest BCUT2D eigenvalue weighted by Gasteiger charge is 2.33. The van der Waals surface area contributed by atoms with Gasteiger partial charge in [0.05, 0.1) is 18.2 Å². The minimum absolute atomic E-state index is 0.227. The van der Waals surface area contributed by atoms with Gasteiger partial charge in [0.2, 0.25) is 0 Å². The molecule has 0 radical (unpaired) electrons. The van der Waals surface area contributed by atoms with Crippen molar-refractivity contribution < 1.29 is 32.2 Å². The van der Waals surface area contributed by atoms with E-state index in [1.165, 1.54) is 6.07 Å². The van der Waals surface area contributed by atoms with Crippen LogP contribution in [-0.2, 0) is 4.74 Å². The topological polar surface area (TPSA) is 76.4 Å². The lowest BCUT2D eigenvalue weighted by molar-refractivity contribution is -0.274. The highest BCUT2D eigenvalue weighted by atomic mass is 19.4. The lowest BCUT2D eigenvalue weighted by Gasteiger charge is -2.12. The molecule has 19 heavy (non-hydrogen) atoms. The second-order valence-electron chi connectivity index (χ2n) is 3.20. The molecule has 1 aromatic carbocycles. The molecule has 0 unspecified atom stereocenters. The van der Waals surface area contributed by atoms with Gasteiger partial charge in [-0.2, -0.15) is 5.26 Å². The Bertz CT molecular complexity index is 560. The molecular formula is C11H6F3NO4. The number of methoxy groups -OCH3 is 1. The van der Waals surface area contributed by atoms with Gasteiger partial charge >= 0.3 is 12.3 Å². The molecule has 0 heterocycles. The maximum Gasteiger partial charge on any atom is 0.573 e. The number of rotatable bonds is 3. The third-order valence-corrected chi connectivity index (χ3v) is 2.03. The number of alkyl halides is 3. The second kappa shape index (κ2) is 5.39. The van der Waals surface area contributed by atoms with Crippen molar-refractivity contribution in [3.05, 3.63) is 28.8 Å². The standard InChI is InChI=1S/C11H6F3NO4/c1-18-10(17)8-3-9(19-11(12,13)14)6(4-15)2-7(8)5-16/h2-3,5H,1H3. The van der Waals surface area contributed by atoms with Crippen LogP contribution in [-0.4, -0.2) is 25.7 Å². The Morgan fingerprint density at radius 2 is 2.05 bits per heavy atom. The fourth-order valence-electron chi connectivity index (χ4n) is 1.28. The van der Waals surface area contributed by atoms with E-state index in [2.05, 4.69) is 9.47 Å². The molecule has 0 saturated carbocycles. The smallest absolute Gasteiger partial charge is 0.465 e. The summed E-state index contributed by atoms with van der Waals surface area (Å²) in [6.07, 6.45) is -4.80. The highest BCUT2D eigenvalue weighted by molar-refractivity contribution is 5.99. The van der Waals surface area contributed by atoms with Gasteiger partial charge in [0, 0.05) is 5.56 Å². The third-order valence-electron chi connectivity index (χ3n) is 2.03. The first-order valence-corrected chi connectivity index (χ1v) is 4.69. The number of aldehydes is 1. The maximum atomic E-state index is 12.1. The van der Waals surface area contributed by atoms with Crippen LogP contribution in [0.25, 0.3) is 0 Å². The van der Waals surface area contributed by atoms with E-state index in [1.54, 1.807) is 0 Å². The summed E-state index contributed by atoms with van der Waals surface area (Å²) < 4.78 is 44.3. The van der Waals surface area contributed by atoms with E-state index in [-0.39, 0.29) is 11.8 Å². The summed E-state index contributed by atoms with van der Waals surface area (Å²) in [5.74, 6) is -1.89. The quantitative estimate of drug-likeness (QED) is 0.622. The summed E-state index contributed by atoms with van der Waals surface area (Å²) in [5, 5.41) is 8.69. The Kier molecular flexibility index (Phi) is 4.11. The molecule has 0 aliphatic carbocycles. The van der Waals surface area contributed by atoms with E-state index in [0.717, 1.165) is 13.2 Å². The summed E-state index contributed by atoms with van der Waals surface area (Å²) in [5.41, 5.74) is -1.21. The number of esters is 1. The van der Waals surface area contributed by atoms with Crippen LogP contribution in [0.15, 0.2) is 12.1 Å². The summed E-state index contributed by atoms with van der Waals surface area (Å²) in [6.45, 7) is 0. The molecule has 0 aliphatic rings. The molecule has 0 aliphatic heterocycles. The number of hydrogen-bond acceptors (Lipinski definition) is 5. The van der Waals surface area contributed by atoms with Crippen LogP contribution in [0, 0.1) is 11.3 Å². The van der Waals surface area contributed by atoms with E-state index in [9.17, 15) is 22.8 Å². The van der Waals surface area contributed by atoms with Gasteiger partial charge in [0.15, 0.2) is 6.29 Å². The van der Waals surface area contributed by atoms with Crippen molar-refractivity contribution in [3.8, 4) is 11.8 Å². The average Bonchev–Trinajstić information content (AvgIpc) is 2.35. The molecule has 100 valence electrons. The summed E-state index contributed by atoms with van der Waals surface area (Å²) >= 11 is 0. The van der Waals surface area contributed by atoms with Gasteiger partial charge in [-0.05, 0) is 12.1 Å². The van der Waals surface area contributed by atoms with Crippen molar-refractivity contribution in [1.29, 1.82) is 5.26 Å². The molecule has 0 spiro atoms. The van der Waals surface area contributed by atoms with Crippen molar-refractivity contribution in [2.45, 2.75) is 6.36 Å². The Morgan fingerprint density at radius 1 is 1.42 bits per heavy atom. The fourth-order valence-corrected chi connectivity index (χ4v) is 1.28. The second-order valence-corrected chi connectivity index (χ2v) is 3.20. The van der Waals surface area contributed by atoms with Crippen LogP contribution in [0.1, 0.15) is 26.3 Å². The van der Waals surface area contributed by atoms with E-state index < -0.39 is 29.2 Å². The predicted molar refractivity (Wildman–Crippen MR) is 54.6 cm³/mol. The normalized spacial score (nSPS) is 10.5. The van der Waals surface area contributed by atoms with Crippen molar-refractivity contribution in [2.24, 2.45) is 0 Å². The lowest BCUT2D eigenvalue weighted by Crippen LogP contribution is -2.19. The van der Waals surface area contributed by atoms with Crippen molar-refractivity contribution in [3.63, 3.8) is 0 Å². The Morgan fingerprint density at radius 3 is 2.47 bits per heavy atom. The maximum absolute atomic E-state index is 12.1. The largest absolute Gasteiger partial charge is 0.573 e. The zero-order valence-corrected chi connectivity index (χ0v) is 9.45. The molecule has 0 atom stereocenters. The first-order chi connectivity index (χ1) is 8.82. The fraction of sp³-hybridized carbons (Fsp3) is 0.182. The van der Waals surface area contributed by atoms with Gasteiger partial charge in [-0.15, -0.1) is 13.2 Å². The van der Waals surface area contributed by atoms with Gasteiger partial charge in [-0.25, -0.2) is 4.79 Å². The molecule has 0 N–H and O–H groups in total. The number of benzene rings is 1. The van der Waals surface area contributed by atoms with E-state index in [4.69, 9.17) is 5.26 Å². The number of carbonyl (C=O) groups is 2. The predicted octanol–water partition coefficient (Wildman–Crippen LogP) is 2.06. The molecule has 0 aromatic heterocycles. The molecule has 1 rings (SSSR count). The molecule has 0 bridgehead atoms. The molecule has 1 aromatic rings. The molecule has 8 heteroatoms. The van der Waals surface area contributed by atoms with Gasteiger partial charge in [0.25, 0.3) is 0 Å². The van der Waals surface area contributed by atoms with Crippen LogP contribution in [0.4, 0.5) is 13.2 Å². The minimum Gasteiger partial charge on any atom is -0.465 e. The van der Waals surface area contributed by atoms with Crippen LogP contribution in [0.2, 0.25) is 0 Å². The first kappa shape index (κ1) is 14.5. The van der Waals surface area contributed by atoms with Crippen molar-refractivity contribution in [2.75, 3.05) is 7.11 Å². The minimum atomic E-state index is -5.03. The number of halogens is 3. The number of hydrogen-bond donors (Lipinski definition) is 0. The first-order valence-electron chi connectivity index (χ1n) is 4.69. The van der Waals surface area contributed by atoms with Crippen LogP contribution < -0.4 is 4.74 Å². The molecular weight excluding hydrogens is 267 g/mol. The zero-order valence-electron chi connectivity index (χ0n) is 9.45. The number of nitriles is 1. The van der Waals surface area contributed by atoms with Crippen LogP contribution in [0.5, 0.6) is 5.75 Å². The summed E-state index contributed by atoms with van der Waals surface area (Å²) in [6, 6.07) is 2.90. The molecule has 0 amide bonds. The van der Waals surface area contributed by atoms with Crippen molar-refractivity contribution >= 4 is 12.3 Å². The van der Waals surface area contributed by atoms with E-state index >= 15 is 0 Å². The van der Waals surface area contributed by atoms with E-state index in [0.29, 0.717) is 6.07 Å². The summed E-state index contributed by atoms with van der Waals surface area (Å²) in [7, 11) is 0.999. The summed E-state index contributed by atoms with van der Waals surface area (Å²) in [4.78, 5) is 22.0. The monoisotopic (exact) mass is 273 g/mol. The number of nitrogens with zero attached hydrogens (tertiary/aromatic N) is 1. The Hall–Kier alpha value is -2.56. The van der Waals surface area contributed by atoms with Crippen LogP contribution >= 0.6 is 0 Å². The number of ether oxygens (including phenoxy) is 2. The van der Waals surface area contributed by atoms with Crippen molar-refractivity contribution in [1.82, 2.24) is 0 Å². The van der Waals surface area contributed by atoms with Gasteiger partial charge < -0.3 is 9.47 Å². The Balaban J connectivity index is 3.42. The SMILES string of the molecule is COC(=O)c1cc(OC(F)(F)F)c(C#N)cc1C=O. The van der Waals surface area contributed by atoms with Gasteiger partial charge in [-0.1, -0.05) is 0 Å². The molecule has 5 nitrogen and oxygen atoms in total. The van der Waals surface area contributed by atoms with E-state index in [1.807, 2.05) is 0 Å². The zero-order chi connectivity index (χ0) is 14.6. The lowest BCUT2D eigenvalue weighted by atomic mass is 10.0. The third kappa shape index (κ3) is 3.45. The van der Waals surface area contributed by atoms with Crippen LogP contribution in [0.3, 0.4) is 0 Å². The highest BCUT2D eigenvalue weighted by Crippen LogP contribution is 2.29. The average molecular weight is 273 g/mol.